The maximum absolute atomic E-state index is 4.59. The topological polar surface area (TPSA) is 55.6 Å². The van der Waals surface area contributed by atoms with Crippen LogP contribution in [0.25, 0.3) is 11.4 Å². The van der Waals surface area contributed by atoms with Gasteiger partial charge in [0.1, 0.15) is 0 Å². The van der Waals surface area contributed by atoms with E-state index in [-0.39, 0.29) is 5.54 Å². The molecule has 0 fully saturated rings. The smallest absolute Gasteiger partial charge is 0.162 e. The first kappa shape index (κ1) is 13.7. The summed E-state index contributed by atoms with van der Waals surface area (Å²) in [4.78, 5) is 9.06. The molecular weight excluding hydrogens is 238 g/mol. The quantitative estimate of drug-likeness (QED) is 0.917. The molecule has 1 N–H and O–H groups in total. The van der Waals surface area contributed by atoms with E-state index >= 15 is 0 Å². The zero-order valence-electron chi connectivity index (χ0n) is 12.2. The first-order valence-corrected chi connectivity index (χ1v) is 6.42. The van der Waals surface area contributed by atoms with Crippen molar-refractivity contribution < 1.29 is 0 Å². The minimum Gasteiger partial charge on any atom is -0.306 e. The van der Waals surface area contributed by atoms with E-state index in [4.69, 9.17) is 0 Å². The van der Waals surface area contributed by atoms with Gasteiger partial charge in [0.05, 0.1) is 17.5 Å². The second-order valence-electron chi connectivity index (χ2n) is 5.83. The van der Waals surface area contributed by atoms with E-state index in [1.807, 2.05) is 26.2 Å². The molecule has 0 aliphatic carbocycles. The van der Waals surface area contributed by atoms with Crippen LogP contribution < -0.4 is 5.32 Å². The molecule has 0 saturated heterocycles. The van der Waals surface area contributed by atoms with Crippen molar-refractivity contribution in [3.8, 4) is 11.4 Å². The highest BCUT2D eigenvalue weighted by atomic mass is 15.2. The molecule has 2 rings (SSSR count). The SMILES string of the molecule is Cc1cc(CNC(C)(C)C)nc(-c2cnn(C)c2)n1. The van der Waals surface area contributed by atoms with Gasteiger partial charge in [-0.15, -0.1) is 0 Å². The van der Waals surface area contributed by atoms with Crippen LogP contribution in [0.3, 0.4) is 0 Å². The Hall–Kier alpha value is -1.75. The highest BCUT2D eigenvalue weighted by Gasteiger charge is 2.11. The van der Waals surface area contributed by atoms with E-state index < -0.39 is 0 Å². The molecule has 2 aromatic rings. The van der Waals surface area contributed by atoms with Gasteiger partial charge < -0.3 is 5.32 Å². The van der Waals surface area contributed by atoms with Crippen LogP contribution >= 0.6 is 0 Å². The number of hydrogen-bond donors (Lipinski definition) is 1. The van der Waals surface area contributed by atoms with Crippen molar-refractivity contribution in [2.75, 3.05) is 0 Å². The van der Waals surface area contributed by atoms with Crippen LogP contribution in [-0.2, 0) is 13.6 Å². The fourth-order valence-corrected chi connectivity index (χ4v) is 1.75. The predicted octanol–water partition coefficient (Wildman–Crippen LogP) is 2.07. The van der Waals surface area contributed by atoms with E-state index in [2.05, 4.69) is 41.2 Å². The lowest BCUT2D eigenvalue weighted by Crippen LogP contribution is -2.35. The predicted molar refractivity (Wildman–Crippen MR) is 75.6 cm³/mol. The van der Waals surface area contributed by atoms with Crippen molar-refractivity contribution in [2.45, 2.75) is 39.8 Å². The molecule has 0 aliphatic heterocycles. The molecule has 2 aromatic heterocycles. The van der Waals surface area contributed by atoms with Crippen LogP contribution in [0.5, 0.6) is 0 Å². The largest absolute Gasteiger partial charge is 0.306 e. The first-order chi connectivity index (χ1) is 8.83. The minimum atomic E-state index is 0.0767. The summed E-state index contributed by atoms with van der Waals surface area (Å²) in [6, 6.07) is 2.01. The number of rotatable bonds is 3. The van der Waals surface area contributed by atoms with Crippen molar-refractivity contribution in [3.05, 3.63) is 29.8 Å². The third-order valence-corrected chi connectivity index (χ3v) is 2.67. The third-order valence-electron chi connectivity index (χ3n) is 2.67. The van der Waals surface area contributed by atoms with Crippen molar-refractivity contribution >= 4 is 0 Å². The van der Waals surface area contributed by atoms with E-state index in [9.17, 15) is 0 Å². The lowest BCUT2D eigenvalue weighted by molar-refractivity contribution is 0.421. The van der Waals surface area contributed by atoms with Gasteiger partial charge in [-0.3, -0.25) is 4.68 Å². The molecule has 0 amide bonds. The van der Waals surface area contributed by atoms with Crippen LogP contribution in [0.4, 0.5) is 0 Å². The molecular formula is C14H21N5. The molecule has 0 saturated carbocycles. The van der Waals surface area contributed by atoms with Crippen molar-refractivity contribution in [1.29, 1.82) is 0 Å². The van der Waals surface area contributed by atoms with Gasteiger partial charge in [-0.05, 0) is 33.8 Å². The highest BCUT2D eigenvalue weighted by molar-refractivity contribution is 5.52. The number of nitrogens with zero attached hydrogens (tertiary/aromatic N) is 4. The van der Waals surface area contributed by atoms with Gasteiger partial charge in [0.15, 0.2) is 5.82 Å². The summed E-state index contributed by atoms with van der Waals surface area (Å²) in [6.45, 7) is 9.15. The van der Waals surface area contributed by atoms with E-state index in [1.54, 1.807) is 10.9 Å². The summed E-state index contributed by atoms with van der Waals surface area (Å²) in [5, 5.41) is 7.60. The molecule has 5 heteroatoms. The standard InChI is InChI=1S/C14H21N5/c1-10-6-12(8-15-14(2,3)4)18-13(17-10)11-7-16-19(5)9-11/h6-7,9,15H,8H2,1-5H3. The average Bonchev–Trinajstić information content (AvgIpc) is 2.72. The number of nitrogens with one attached hydrogen (secondary N) is 1. The fraction of sp³-hybridized carbons (Fsp3) is 0.500. The summed E-state index contributed by atoms with van der Waals surface area (Å²) in [7, 11) is 1.89. The van der Waals surface area contributed by atoms with Gasteiger partial charge in [0.25, 0.3) is 0 Å². The summed E-state index contributed by atoms with van der Waals surface area (Å²) in [5.74, 6) is 0.735. The summed E-state index contributed by atoms with van der Waals surface area (Å²) in [6.07, 6.45) is 3.71. The number of aryl methyl sites for hydroxylation is 2. The Kier molecular flexibility index (Phi) is 3.66. The number of aromatic nitrogens is 4. The summed E-state index contributed by atoms with van der Waals surface area (Å²) >= 11 is 0. The third kappa shape index (κ3) is 3.86. The second-order valence-corrected chi connectivity index (χ2v) is 5.83. The van der Waals surface area contributed by atoms with E-state index in [1.165, 1.54) is 0 Å². The van der Waals surface area contributed by atoms with Gasteiger partial charge >= 0.3 is 0 Å². The van der Waals surface area contributed by atoms with Crippen LogP contribution in [0.1, 0.15) is 32.2 Å². The molecule has 0 unspecified atom stereocenters. The Morgan fingerprint density at radius 1 is 1.26 bits per heavy atom. The normalized spacial score (nSPS) is 11.8. The lowest BCUT2D eigenvalue weighted by atomic mass is 10.1. The van der Waals surface area contributed by atoms with Crippen LogP contribution in [0.15, 0.2) is 18.5 Å². The monoisotopic (exact) mass is 259 g/mol. The van der Waals surface area contributed by atoms with E-state index in [0.717, 1.165) is 29.3 Å². The molecule has 5 nitrogen and oxygen atoms in total. The molecule has 2 heterocycles. The fourth-order valence-electron chi connectivity index (χ4n) is 1.75. The molecule has 0 radical (unpaired) electrons. The van der Waals surface area contributed by atoms with E-state index in [0.29, 0.717) is 0 Å². The molecule has 0 spiro atoms. The molecule has 0 aliphatic rings. The van der Waals surface area contributed by atoms with Crippen molar-refractivity contribution in [2.24, 2.45) is 7.05 Å². The van der Waals surface area contributed by atoms with Crippen LogP contribution in [-0.4, -0.2) is 25.3 Å². The average molecular weight is 259 g/mol. The van der Waals surface area contributed by atoms with Gasteiger partial charge in [0.2, 0.25) is 0 Å². The Morgan fingerprint density at radius 2 is 2.00 bits per heavy atom. The van der Waals surface area contributed by atoms with Crippen molar-refractivity contribution in [1.82, 2.24) is 25.1 Å². The zero-order chi connectivity index (χ0) is 14.0. The second kappa shape index (κ2) is 5.09. The molecule has 0 atom stereocenters. The molecule has 0 aromatic carbocycles. The van der Waals surface area contributed by atoms with Gasteiger partial charge in [-0.2, -0.15) is 5.10 Å². The summed E-state index contributed by atoms with van der Waals surface area (Å²) in [5.41, 5.74) is 3.00. The maximum atomic E-state index is 4.59. The first-order valence-electron chi connectivity index (χ1n) is 6.42. The molecule has 0 bridgehead atoms. The highest BCUT2D eigenvalue weighted by Crippen LogP contribution is 2.15. The Labute approximate surface area is 114 Å². The minimum absolute atomic E-state index is 0.0767. The van der Waals surface area contributed by atoms with Crippen LogP contribution in [0, 0.1) is 6.92 Å². The Morgan fingerprint density at radius 3 is 2.58 bits per heavy atom. The van der Waals surface area contributed by atoms with Crippen molar-refractivity contribution in [3.63, 3.8) is 0 Å². The van der Waals surface area contributed by atoms with Gasteiger partial charge in [-0.25, -0.2) is 9.97 Å². The van der Waals surface area contributed by atoms with Gasteiger partial charge in [-0.1, -0.05) is 0 Å². The number of hydrogen-bond acceptors (Lipinski definition) is 4. The Balaban J connectivity index is 2.25. The maximum Gasteiger partial charge on any atom is 0.162 e. The Bertz CT molecular complexity index is 565. The van der Waals surface area contributed by atoms with Gasteiger partial charge in [0, 0.05) is 31.0 Å². The summed E-state index contributed by atoms with van der Waals surface area (Å²) < 4.78 is 1.76. The lowest BCUT2D eigenvalue weighted by Gasteiger charge is -2.20. The molecule has 19 heavy (non-hydrogen) atoms. The van der Waals surface area contributed by atoms with Crippen LogP contribution in [0.2, 0.25) is 0 Å². The zero-order valence-corrected chi connectivity index (χ0v) is 12.2. The molecule has 102 valence electrons.